The average molecular weight is 210 g/mol. The van der Waals surface area contributed by atoms with Gasteiger partial charge < -0.3 is 19.7 Å². The van der Waals surface area contributed by atoms with Crippen molar-refractivity contribution in [2.45, 2.75) is 14.9 Å². The van der Waals surface area contributed by atoms with E-state index in [1.807, 2.05) is 0 Å². The van der Waals surface area contributed by atoms with Crippen molar-refractivity contribution in [1.29, 1.82) is 0 Å². The minimum Gasteiger partial charge on any atom is -0.480 e. The largest absolute Gasteiger partial charge is 0.480 e. The summed E-state index contributed by atoms with van der Waals surface area (Å²) in [5.41, 5.74) is 0. The molecule has 0 spiro atoms. The quantitative estimate of drug-likeness (QED) is 0.593. The summed E-state index contributed by atoms with van der Waals surface area (Å²) in [7, 11) is 0. The van der Waals surface area contributed by atoms with Crippen molar-refractivity contribution in [3.63, 3.8) is 0 Å². The van der Waals surface area contributed by atoms with Crippen LogP contribution in [0.3, 0.4) is 0 Å². The Labute approximate surface area is 83.4 Å². The molecule has 0 heterocycles. The Hall–Kier alpha value is -1.14. The van der Waals surface area contributed by atoms with Crippen LogP contribution in [0.1, 0.15) is 14.9 Å². The molecule has 0 saturated heterocycles. The van der Waals surface area contributed by atoms with Crippen LogP contribution in [0.2, 0.25) is 0 Å². The Morgan fingerprint density at radius 2 is 1.14 bits per heavy atom. The van der Waals surface area contributed by atoms with Gasteiger partial charge in [0.1, 0.15) is 13.2 Å². The molecular weight excluding hydrogens is 192 g/mol. The zero-order valence-corrected chi connectivity index (χ0v) is 6.36. The molecule has 0 aromatic carbocycles. The topological polar surface area (TPSA) is 93.1 Å². The van der Waals surface area contributed by atoms with Gasteiger partial charge in [-0.2, -0.15) is 0 Å². The van der Waals surface area contributed by atoms with Crippen LogP contribution in [-0.4, -0.2) is 48.6 Å². The second kappa shape index (κ2) is 11.9. The van der Waals surface area contributed by atoms with Crippen LogP contribution >= 0.6 is 0 Å². The molecule has 0 unspecified atom stereocenters. The first-order valence-electron chi connectivity index (χ1n) is 3.22. The molecule has 6 nitrogen and oxygen atoms in total. The molecule has 0 radical (unpaired) electrons. The molecule has 0 rings (SSSR count). The summed E-state index contributed by atoms with van der Waals surface area (Å²) in [6.07, 6.45) is 0. The Bertz CT molecular complexity index is 138. The Balaban J connectivity index is -0.000000605. The van der Waals surface area contributed by atoms with Gasteiger partial charge in [-0.1, -0.05) is 14.9 Å². The molecule has 0 aliphatic rings. The van der Waals surface area contributed by atoms with Crippen LogP contribution in [0.15, 0.2) is 0 Å². The summed E-state index contributed by atoms with van der Waals surface area (Å²) < 4.78 is 9.12. The van der Waals surface area contributed by atoms with Gasteiger partial charge in [0.25, 0.3) is 0 Å². The van der Waals surface area contributed by atoms with E-state index in [0.29, 0.717) is 0 Å². The monoisotopic (exact) mass is 210 g/mol. The van der Waals surface area contributed by atoms with Crippen molar-refractivity contribution in [2.24, 2.45) is 0 Å². The summed E-state index contributed by atoms with van der Waals surface area (Å²) in [5.74, 6) is -2.12. The Morgan fingerprint density at radius 3 is 1.36 bits per heavy atom. The molecule has 0 saturated carbocycles. The van der Waals surface area contributed by atoms with Gasteiger partial charge in [-0.3, -0.25) is 0 Å². The van der Waals surface area contributed by atoms with E-state index >= 15 is 0 Å². The number of carbonyl (C=O) groups is 2. The van der Waals surface area contributed by atoms with E-state index in [4.69, 9.17) is 10.2 Å². The Morgan fingerprint density at radius 1 is 0.857 bits per heavy atom. The fraction of sp³-hybridized carbons (Fsp3) is 0.750. The number of rotatable bonds is 7. The van der Waals surface area contributed by atoms with E-state index in [9.17, 15) is 9.59 Å². The molecule has 0 aliphatic heterocycles. The number of ether oxygens (including phenoxy) is 2. The lowest BCUT2D eigenvalue weighted by Crippen LogP contribution is -2.14. The molecular formula is C8H18O6. The van der Waals surface area contributed by atoms with E-state index in [1.165, 1.54) is 0 Å². The van der Waals surface area contributed by atoms with E-state index in [2.05, 4.69) is 9.47 Å². The third-order valence-electron chi connectivity index (χ3n) is 0.823. The number of carboxylic acid groups (broad SMARTS) is 2. The second-order valence-corrected chi connectivity index (χ2v) is 1.89. The second-order valence-electron chi connectivity index (χ2n) is 1.89. The predicted octanol–water partition coefficient (Wildman–Crippen LogP) is 0.461. The summed E-state index contributed by atoms with van der Waals surface area (Å²) in [5, 5.41) is 16.2. The molecule has 0 bridgehead atoms. The summed E-state index contributed by atoms with van der Waals surface area (Å²) in [4.78, 5) is 19.8. The molecule has 2 N–H and O–H groups in total. The zero-order chi connectivity index (χ0) is 9.40. The molecule has 6 heteroatoms. The third kappa shape index (κ3) is 17.1. The first-order valence-corrected chi connectivity index (χ1v) is 3.22. The van der Waals surface area contributed by atoms with Crippen LogP contribution in [0.25, 0.3) is 0 Å². The summed E-state index contributed by atoms with van der Waals surface area (Å²) in [6.45, 7) is -0.619. The van der Waals surface area contributed by atoms with Crippen LogP contribution in [0, 0.1) is 0 Å². The molecule has 14 heavy (non-hydrogen) atoms. The highest BCUT2D eigenvalue weighted by molar-refractivity contribution is 5.68. The fourth-order valence-electron chi connectivity index (χ4n) is 0.437. The molecule has 0 atom stereocenters. The summed E-state index contributed by atoms with van der Waals surface area (Å²) >= 11 is 0. The lowest BCUT2D eigenvalue weighted by Gasteiger charge is -2.00. The van der Waals surface area contributed by atoms with Crippen LogP contribution in [0.4, 0.5) is 0 Å². The van der Waals surface area contributed by atoms with Gasteiger partial charge in [0.15, 0.2) is 0 Å². The van der Waals surface area contributed by atoms with Gasteiger partial charge >= 0.3 is 11.9 Å². The van der Waals surface area contributed by atoms with Crippen molar-refractivity contribution in [3.8, 4) is 0 Å². The summed E-state index contributed by atoms with van der Waals surface area (Å²) in [6, 6.07) is 0. The van der Waals surface area contributed by atoms with Crippen molar-refractivity contribution in [1.82, 2.24) is 0 Å². The zero-order valence-electron chi connectivity index (χ0n) is 6.36. The van der Waals surface area contributed by atoms with Crippen LogP contribution in [0.5, 0.6) is 0 Å². The van der Waals surface area contributed by atoms with Gasteiger partial charge in [-0.15, -0.1) is 0 Å². The van der Waals surface area contributed by atoms with Crippen LogP contribution < -0.4 is 0 Å². The molecule has 0 aromatic rings. The van der Waals surface area contributed by atoms with Gasteiger partial charge in [0, 0.05) is 0 Å². The predicted molar refractivity (Wildman–Crippen MR) is 50.4 cm³/mol. The SMILES string of the molecule is C.C.O=C(O)COCCOCC(=O)O. The normalized spacial score (nSPS) is 8.29. The average Bonchev–Trinajstić information content (AvgIpc) is 1.95. The van der Waals surface area contributed by atoms with Crippen molar-refractivity contribution < 1.29 is 29.3 Å². The number of carboxylic acids is 2. The lowest BCUT2D eigenvalue weighted by atomic mass is 10.7. The highest BCUT2D eigenvalue weighted by Gasteiger charge is 1.97. The maximum Gasteiger partial charge on any atom is 0.329 e. The lowest BCUT2D eigenvalue weighted by molar-refractivity contribution is -0.146. The van der Waals surface area contributed by atoms with E-state index in [-0.39, 0.29) is 28.1 Å². The third-order valence-corrected chi connectivity index (χ3v) is 0.823. The first-order chi connectivity index (χ1) is 5.63. The molecule has 0 fully saturated rings. The number of hydrogen-bond donors (Lipinski definition) is 2. The van der Waals surface area contributed by atoms with E-state index in [0.717, 1.165) is 0 Å². The highest BCUT2D eigenvalue weighted by atomic mass is 16.5. The number of aliphatic carboxylic acids is 2. The molecule has 0 aromatic heterocycles. The van der Waals surface area contributed by atoms with E-state index in [1.54, 1.807) is 0 Å². The number of hydrogen-bond acceptors (Lipinski definition) is 4. The van der Waals surface area contributed by atoms with Crippen molar-refractivity contribution in [3.05, 3.63) is 0 Å². The van der Waals surface area contributed by atoms with Crippen molar-refractivity contribution in [2.75, 3.05) is 26.4 Å². The fourth-order valence-corrected chi connectivity index (χ4v) is 0.437. The first kappa shape index (κ1) is 18.6. The molecule has 86 valence electrons. The van der Waals surface area contributed by atoms with Gasteiger partial charge in [0.2, 0.25) is 0 Å². The highest BCUT2D eigenvalue weighted by Crippen LogP contribution is 1.78. The van der Waals surface area contributed by atoms with Gasteiger partial charge in [-0.25, -0.2) is 9.59 Å². The molecule has 0 aliphatic carbocycles. The maximum atomic E-state index is 9.88. The van der Waals surface area contributed by atoms with Crippen LogP contribution in [-0.2, 0) is 19.1 Å². The minimum absolute atomic E-state index is 0. The van der Waals surface area contributed by atoms with Crippen molar-refractivity contribution >= 4 is 11.9 Å². The smallest absolute Gasteiger partial charge is 0.329 e. The van der Waals surface area contributed by atoms with E-state index < -0.39 is 25.2 Å². The molecule has 0 amide bonds. The maximum absolute atomic E-state index is 9.88. The Kier molecular flexibility index (Phi) is 15.8. The minimum atomic E-state index is -1.06. The van der Waals surface area contributed by atoms with Gasteiger partial charge in [0.05, 0.1) is 13.2 Å². The van der Waals surface area contributed by atoms with Gasteiger partial charge in [-0.05, 0) is 0 Å². The standard InChI is InChI=1S/C6H10O6.2CH4/c7-5(8)3-11-1-2-12-4-6(9)10;;/h1-4H2,(H,7,8)(H,9,10);2*1H4.